The lowest BCUT2D eigenvalue weighted by molar-refractivity contribution is 0.412. The molecule has 1 aromatic heterocycles. The van der Waals surface area contributed by atoms with Crippen molar-refractivity contribution in [2.45, 2.75) is 26.7 Å². The van der Waals surface area contributed by atoms with E-state index in [0.717, 1.165) is 16.6 Å². The second-order valence-corrected chi connectivity index (χ2v) is 5.17. The Morgan fingerprint density at radius 1 is 1.33 bits per heavy atom. The highest BCUT2D eigenvalue weighted by atomic mass is 35.5. The van der Waals surface area contributed by atoms with Crippen LogP contribution < -0.4 is 16.0 Å². The number of hydrogen-bond acceptors (Lipinski definition) is 3. The third-order valence-corrected chi connectivity index (χ3v) is 3.54. The Morgan fingerprint density at radius 2 is 2.05 bits per heavy atom. The van der Waals surface area contributed by atoms with Crippen LogP contribution in [0.15, 0.2) is 27.8 Å². The van der Waals surface area contributed by atoms with Gasteiger partial charge in [-0.05, 0) is 31.0 Å². The summed E-state index contributed by atoms with van der Waals surface area (Å²) in [5.41, 5.74) is 0.757. The summed E-state index contributed by atoms with van der Waals surface area (Å²) in [6, 6.07) is 5.31. The molecule has 0 aliphatic carbocycles. The van der Waals surface area contributed by atoms with Crippen molar-refractivity contribution in [2.24, 2.45) is 0 Å². The third kappa shape index (κ3) is 2.88. The summed E-state index contributed by atoms with van der Waals surface area (Å²) in [6.07, 6.45) is 1.26. The number of aromatic nitrogens is 2. The Labute approximate surface area is 127 Å². The van der Waals surface area contributed by atoms with Gasteiger partial charge >= 0.3 is 5.69 Å². The van der Waals surface area contributed by atoms with E-state index >= 15 is 0 Å². The molecule has 5 nitrogen and oxygen atoms in total. The molecular weight excluding hydrogens is 292 g/mol. The minimum absolute atomic E-state index is 0.106. The van der Waals surface area contributed by atoms with Crippen LogP contribution in [0, 0.1) is 6.92 Å². The van der Waals surface area contributed by atoms with Gasteiger partial charge in [-0.3, -0.25) is 9.78 Å². The number of rotatable bonds is 4. The molecule has 1 aromatic carbocycles. The predicted octanol–water partition coefficient (Wildman–Crippen LogP) is 2.45. The highest BCUT2D eigenvalue weighted by Crippen LogP contribution is 2.22. The van der Waals surface area contributed by atoms with Crippen LogP contribution in [-0.2, 0) is 6.42 Å². The normalized spacial score (nSPS) is 10.7. The Hall–Kier alpha value is -2.01. The zero-order valence-electron chi connectivity index (χ0n) is 12.2. The lowest BCUT2D eigenvalue weighted by Crippen LogP contribution is -2.36. The van der Waals surface area contributed by atoms with Crippen LogP contribution in [0.25, 0.3) is 5.69 Å². The number of aromatic amines is 1. The number of H-pyrrole nitrogens is 1. The topological polar surface area (TPSA) is 64.1 Å². The lowest BCUT2D eigenvalue weighted by atomic mass is 10.1. The maximum Gasteiger partial charge on any atom is 0.334 e. The molecule has 0 aliphatic rings. The van der Waals surface area contributed by atoms with E-state index in [9.17, 15) is 9.59 Å². The standard InChI is InChI=1S/C15H17ClN2O3/c1-4-5-10-13(16)17-15(20)18(14(10)19)11-8-9(2)6-7-12(11)21-3/h6-8H,4-5H2,1-3H3,(H,17,20). The van der Waals surface area contributed by atoms with Crippen molar-refractivity contribution in [3.05, 3.63) is 55.3 Å². The van der Waals surface area contributed by atoms with Gasteiger partial charge < -0.3 is 4.74 Å². The highest BCUT2D eigenvalue weighted by Gasteiger charge is 2.16. The Bertz CT molecular complexity index is 777. The molecule has 2 aromatic rings. The molecular formula is C15H17ClN2O3. The van der Waals surface area contributed by atoms with Gasteiger partial charge in [0.05, 0.1) is 18.4 Å². The molecule has 0 saturated heterocycles. The summed E-state index contributed by atoms with van der Waals surface area (Å²) in [5, 5.41) is 0.106. The second kappa shape index (κ2) is 6.18. The lowest BCUT2D eigenvalue weighted by Gasteiger charge is -2.12. The van der Waals surface area contributed by atoms with Gasteiger partial charge in [-0.1, -0.05) is 31.0 Å². The third-order valence-electron chi connectivity index (χ3n) is 3.22. The van der Waals surface area contributed by atoms with E-state index in [2.05, 4.69) is 4.98 Å². The highest BCUT2D eigenvalue weighted by molar-refractivity contribution is 6.30. The van der Waals surface area contributed by atoms with Gasteiger partial charge in [0.1, 0.15) is 10.9 Å². The Balaban J connectivity index is 2.81. The quantitative estimate of drug-likeness (QED) is 0.882. The first-order valence-corrected chi connectivity index (χ1v) is 7.06. The molecule has 0 spiro atoms. The van der Waals surface area contributed by atoms with Crippen LogP contribution in [-0.4, -0.2) is 16.7 Å². The van der Waals surface area contributed by atoms with Gasteiger partial charge in [0.25, 0.3) is 5.56 Å². The van der Waals surface area contributed by atoms with E-state index in [1.807, 2.05) is 19.9 Å². The van der Waals surface area contributed by atoms with Gasteiger partial charge in [0.15, 0.2) is 0 Å². The summed E-state index contributed by atoms with van der Waals surface area (Å²) in [4.78, 5) is 27.3. The number of hydrogen-bond donors (Lipinski definition) is 1. The Morgan fingerprint density at radius 3 is 2.67 bits per heavy atom. The number of methoxy groups -OCH3 is 1. The first kappa shape index (κ1) is 15.4. The molecule has 2 rings (SSSR count). The molecule has 21 heavy (non-hydrogen) atoms. The largest absolute Gasteiger partial charge is 0.495 e. The first-order valence-electron chi connectivity index (χ1n) is 6.68. The smallest absolute Gasteiger partial charge is 0.334 e. The van der Waals surface area contributed by atoms with Crippen LogP contribution in [0.1, 0.15) is 24.5 Å². The second-order valence-electron chi connectivity index (χ2n) is 4.79. The van der Waals surface area contributed by atoms with Crippen molar-refractivity contribution in [3.63, 3.8) is 0 Å². The molecule has 0 saturated carbocycles. The van der Waals surface area contributed by atoms with Crippen molar-refractivity contribution in [3.8, 4) is 11.4 Å². The molecule has 112 valence electrons. The van der Waals surface area contributed by atoms with E-state index in [1.165, 1.54) is 7.11 Å². The fraction of sp³-hybridized carbons (Fsp3) is 0.333. The SMILES string of the molecule is CCCc1c(Cl)[nH]c(=O)n(-c2cc(C)ccc2OC)c1=O. The minimum Gasteiger partial charge on any atom is -0.495 e. The summed E-state index contributed by atoms with van der Waals surface area (Å²) in [7, 11) is 1.50. The molecule has 0 bridgehead atoms. The summed E-state index contributed by atoms with van der Waals surface area (Å²) < 4.78 is 6.32. The number of halogens is 1. The maximum atomic E-state index is 12.6. The summed E-state index contributed by atoms with van der Waals surface area (Å²) in [6.45, 7) is 3.82. The predicted molar refractivity (Wildman–Crippen MR) is 83.0 cm³/mol. The van der Waals surface area contributed by atoms with Gasteiger partial charge in [-0.25, -0.2) is 9.36 Å². The van der Waals surface area contributed by atoms with E-state index in [1.54, 1.807) is 12.1 Å². The number of benzene rings is 1. The van der Waals surface area contributed by atoms with Gasteiger partial charge in [-0.2, -0.15) is 0 Å². The van der Waals surface area contributed by atoms with E-state index in [-0.39, 0.29) is 5.15 Å². The molecule has 0 atom stereocenters. The van der Waals surface area contributed by atoms with E-state index < -0.39 is 11.2 Å². The van der Waals surface area contributed by atoms with E-state index in [4.69, 9.17) is 16.3 Å². The average Bonchev–Trinajstić information content (AvgIpc) is 2.43. The van der Waals surface area contributed by atoms with Gasteiger partial charge in [-0.15, -0.1) is 0 Å². The molecule has 0 fully saturated rings. The zero-order chi connectivity index (χ0) is 15.6. The van der Waals surface area contributed by atoms with Crippen LogP contribution >= 0.6 is 11.6 Å². The van der Waals surface area contributed by atoms with Crippen molar-refractivity contribution >= 4 is 11.6 Å². The Kier molecular flexibility index (Phi) is 4.53. The van der Waals surface area contributed by atoms with Gasteiger partial charge in [0, 0.05) is 0 Å². The summed E-state index contributed by atoms with van der Waals surface area (Å²) in [5.74, 6) is 0.456. The van der Waals surface area contributed by atoms with Crippen LogP contribution in [0.4, 0.5) is 0 Å². The van der Waals surface area contributed by atoms with Crippen molar-refractivity contribution in [2.75, 3.05) is 7.11 Å². The maximum absolute atomic E-state index is 12.6. The van der Waals surface area contributed by atoms with E-state index in [0.29, 0.717) is 23.4 Å². The molecule has 0 amide bonds. The van der Waals surface area contributed by atoms with Crippen molar-refractivity contribution in [1.82, 2.24) is 9.55 Å². The number of nitrogens with zero attached hydrogens (tertiary/aromatic N) is 1. The van der Waals surface area contributed by atoms with Crippen molar-refractivity contribution < 1.29 is 4.74 Å². The zero-order valence-corrected chi connectivity index (χ0v) is 13.0. The van der Waals surface area contributed by atoms with Crippen LogP contribution in [0.2, 0.25) is 5.15 Å². The van der Waals surface area contributed by atoms with Crippen LogP contribution in [0.3, 0.4) is 0 Å². The fourth-order valence-corrected chi connectivity index (χ4v) is 2.46. The van der Waals surface area contributed by atoms with Crippen LogP contribution in [0.5, 0.6) is 5.75 Å². The average molecular weight is 309 g/mol. The minimum atomic E-state index is -0.575. The molecule has 0 aliphatic heterocycles. The number of aryl methyl sites for hydroxylation is 1. The molecule has 6 heteroatoms. The molecule has 0 unspecified atom stereocenters. The monoisotopic (exact) mass is 308 g/mol. The fourth-order valence-electron chi connectivity index (χ4n) is 2.21. The molecule has 0 radical (unpaired) electrons. The number of nitrogens with one attached hydrogen (secondary N) is 1. The van der Waals surface area contributed by atoms with Gasteiger partial charge in [0.2, 0.25) is 0 Å². The molecule has 1 N–H and O–H groups in total. The molecule has 1 heterocycles. The number of ether oxygens (including phenoxy) is 1. The first-order chi connectivity index (χ1) is 9.99. The van der Waals surface area contributed by atoms with Crippen molar-refractivity contribution in [1.29, 1.82) is 0 Å². The summed E-state index contributed by atoms with van der Waals surface area (Å²) >= 11 is 5.98.